The summed E-state index contributed by atoms with van der Waals surface area (Å²) in [5, 5.41) is 7.14. The molecule has 22 heavy (non-hydrogen) atoms. The summed E-state index contributed by atoms with van der Waals surface area (Å²) in [5.74, 6) is -0.0418. The number of fused-ring (bicyclic) bond motifs is 1. The van der Waals surface area contributed by atoms with Gasteiger partial charge in [0.25, 0.3) is 5.56 Å². The van der Waals surface area contributed by atoms with Gasteiger partial charge >= 0.3 is 0 Å². The number of aryl methyl sites for hydroxylation is 1. The summed E-state index contributed by atoms with van der Waals surface area (Å²) in [4.78, 5) is 24.2. The Morgan fingerprint density at radius 3 is 2.77 bits per heavy atom. The van der Waals surface area contributed by atoms with Crippen LogP contribution in [0, 0.1) is 6.92 Å². The van der Waals surface area contributed by atoms with Gasteiger partial charge in [-0.15, -0.1) is 0 Å². The third-order valence-corrected chi connectivity index (χ3v) is 3.80. The van der Waals surface area contributed by atoms with Crippen molar-refractivity contribution in [1.29, 1.82) is 0 Å². The maximum Gasteiger partial charge on any atom is 0.272 e. The van der Waals surface area contributed by atoms with Crippen LogP contribution >= 0.6 is 11.6 Å². The molecule has 0 aliphatic heterocycles. The molecular weight excluding hydrogens is 300 g/mol. The van der Waals surface area contributed by atoms with Crippen LogP contribution in [-0.4, -0.2) is 16.0 Å². The van der Waals surface area contributed by atoms with Crippen molar-refractivity contribution >= 4 is 28.2 Å². The Bertz CT molecular complexity index is 931. The standard InChI is InChI=1S/C17H13ClN2O2/c1-10-3-2-4-11(7-10)8-15(21)12-5-6-13-14(9-12)17(22)20-19-16(13)18/h2-7,9H,8H2,1H3,(H,20,22). The molecule has 3 aromatic rings. The topological polar surface area (TPSA) is 62.8 Å². The highest BCUT2D eigenvalue weighted by atomic mass is 35.5. The molecule has 0 fully saturated rings. The molecule has 0 bridgehead atoms. The van der Waals surface area contributed by atoms with E-state index in [2.05, 4.69) is 10.2 Å². The maximum absolute atomic E-state index is 12.4. The van der Waals surface area contributed by atoms with E-state index in [1.807, 2.05) is 31.2 Å². The van der Waals surface area contributed by atoms with Crippen molar-refractivity contribution in [1.82, 2.24) is 10.2 Å². The minimum atomic E-state index is -0.357. The van der Waals surface area contributed by atoms with Crippen LogP contribution in [0.2, 0.25) is 5.15 Å². The van der Waals surface area contributed by atoms with Crippen molar-refractivity contribution in [3.8, 4) is 0 Å². The van der Waals surface area contributed by atoms with Gasteiger partial charge in [0.15, 0.2) is 10.9 Å². The van der Waals surface area contributed by atoms with Crippen molar-refractivity contribution in [2.45, 2.75) is 13.3 Å². The number of benzene rings is 2. The van der Waals surface area contributed by atoms with Gasteiger partial charge in [-0.05, 0) is 18.6 Å². The van der Waals surface area contributed by atoms with Gasteiger partial charge < -0.3 is 0 Å². The van der Waals surface area contributed by atoms with Crippen LogP contribution in [0.4, 0.5) is 0 Å². The quantitative estimate of drug-likeness (QED) is 0.755. The number of ketones is 1. The van der Waals surface area contributed by atoms with Crippen molar-refractivity contribution < 1.29 is 4.79 Å². The zero-order chi connectivity index (χ0) is 15.7. The molecule has 5 heteroatoms. The molecule has 0 spiro atoms. The zero-order valence-electron chi connectivity index (χ0n) is 11.9. The zero-order valence-corrected chi connectivity index (χ0v) is 12.6. The summed E-state index contributed by atoms with van der Waals surface area (Å²) >= 11 is 5.94. The fourth-order valence-corrected chi connectivity index (χ4v) is 2.62. The monoisotopic (exact) mass is 312 g/mol. The van der Waals surface area contributed by atoms with E-state index in [0.29, 0.717) is 22.8 Å². The number of rotatable bonds is 3. The number of carbonyl (C=O) groups excluding carboxylic acids is 1. The molecule has 1 heterocycles. The predicted molar refractivity (Wildman–Crippen MR) is 86.6 cm³/mol. The number of nitrogens with zero attached hydrogens (tertiary/aromatic N) is 1. The summed E-state index contributed by atoms with van der Waals surface area (Å²) in [6.45, 7) is 1.98. The molecule has 3 rings (SSSR count). The Balaban J connectivity index is 1.98. The second kappa shape index (κ2) is 5.73. The smallest absolute Gasteiger partial charge is 0.272 e. The van der Waals surface area contributed by atoms with Crippen LogP contribution in [0.15, 0.2) is 47.3 Å². The lowest BCUT2D eigenvalue weighted by atomic mass is 10.00. The van der Waals surface area contributed by atoms with E-state index in [-0.39, 0.29) is 16.5 Å². The van der Waals surface area contributed by atoms with E-state index in [0.717, 1.165) is 11.1 Å². The summed E-state index contributed by atoms with van der Waals surface area (Å²) in [7, 11) is 0. The first kappa shape index (κ1) is 14.5. The number of Topliss-reactive ketones (excluding diaryl/α,β-unsaturated/α-hetero) is 1. The molecule has 0 radical (unpaired) electrons. The Labute approximate surface area is 131 Å². The summed E-state index contributed by atoms with van der Waals surface area (Å²) in [6, 6.07) is 12.7. The fraction of sp³-hybridized carbons (Fsp3) is 0.118. The molecule has 1 N–H and O–H groups in total. The number of aromatic amines is 1. The Morgan fingerprint density at radius 2 is 2.00 bits per heavy atom. The van der Waals surface area contributed by atoms with Gasteiger partial charge in [-0.2, -0.15) is 5.10 Å². The van der Waals surface area contributed by atoms with E-state index < -0.39 is 0 Å². The fourth-order valence-electron chi connectivity index (χ4n) is 2.42. The first-order valence-electron chi connectivity index (χ1n) is 6.81. The van der Waals surface area contributed by atoms with Gasteiger partial charge in [-0.25, -0.2) is 5.10 Å². The van der Waals surface area contributed by atoms with Crippen molar-refractivity contribution in [3.63, 3.8) is 0 Å². The number of hydrogen-bond acceptors (Lipinski definition) is 3. The molecule has 110 valence electrons. The molecule has 2 aromatic carbocycles. The van der Waals surface area contributed by atoms with E-state index in [4.69, 9.17) is 11.6 Å². The second-order valence-corrected chi connectivity index (χ2v) is 5.55. The molecule has 0 unspecified atom stereocenters. The largest absolute Gasteiger partial charge is 0.294 e. The van der Waals surface area contributed by atoms with Crippen LogP contribution < -0.4 is 5.56 Å². The van der Waals surface area contributed by atoms with Gasteiger partial charge in [-0.3, -0.25) is 9.59 Å². The van der Waals surface area contributed by atoms with Gasteiger partial charge in [0.1, 0.15) is 0 Å². The Morgan fingerprint density at radius 1 is 1.18 bits per heavy atom. The van der Waals surface area contributed by atoms with Gasteiger partial charge in [-0.1, -0.05) is 53.6 Å². The van der Waals surface area contributed by atoms with Crippen LogP contribution in [0.25, 0.3) is 10.8 Å². The van der Waals surface area contributed by atoms with Gasteiger partial charge in [0, 0.05) is 17.4 Å². The number of hydrogen-bond donors (Lipinski definition) is 1. The highest BCUT2D eigenvalue weighted by Crippen LogP contribution is 2.19. The summed E-state index contributed by atoms with van der Waals surface area (Å²) < 4.78 is 0. The number of carbonyl (C=O) groups is 1. The van der Waals surface area contributed by atoms with E-state index >= 15 is 0 Å². The molecule has 0 saturated carbocycles. The maximum atomic E-state index is 12.4. The number of aromatic nitrogens is 2. The molecule has 0 aliphatic carbocycles. The average Bonchev–Trinajstić information content (AvgIpc) is 2.51. The predicted octanol–water partition coefficient (Wildman–Crippen LogP) is 3.31. The third kappa shape index (κ3) is 2.78. The molecular formula is C17H13ClN2O2. The van der Waals surface area contributed by atoms with E-state index in [9.17, 15) is 9.59 Å². The highest BCUT2D eigenvalue weighted by molar-refractivity contribution is 6.34. The number of H-pyrrole nitrogens is 1. The number of nitrogens with one attached hydrogen (secondary N) is 1. The molecule has 4 nitrogen and oxygen atoms in total. The summed E-state index contributed by atoms with van der Waals surface area (Å²) in [5.41, 5.74) is 2.19. The molecule has 0 amide bonds. The van der Waals surface area contributed by atoms with Crippen molar-refractivity contribution in [2.24, 2.45) is 0 Å². The Kier molecular flexibility index (Phi) is 3.77. The average molecular weight is 313 g/mol. The second-order valence-electron chi connectivity index (χ2n) is 5.19. The van der Waals surface area contributed by atoms with Gasteiger partial charge in [0.2, 0.25) is 0 Å². The van der Waals surface area contributed by atoms with Crippen LogP contribution in [0.5, 0.6) is 0 Å². The van der Waals surface area contributed by atoms with Crippen molar-refractivity contribution in [2.75, 3.05) is 0 Å². The minimum absolute atomic E-state index is 0.0418. The molecule has 1 aromatic heterocycles. The molecule has 0 aliphatic rings. The molecule has 0 saturated heterocycles. The van der Waals surface area contributed by atoms with Gasteiger partial charge in [0.05, 0.1) is 5.39 Å². The lowest BCUT2D eigenvalue weighted by Gasteiger charge is -2.05. The van der Waals surface area contributed by atoms with Crippen LogP contribution in [-0.2, 0) is 6.42 Å². The van der Waals surface area contributed by atoms with Crippen LogP contribution in [0.3, 0.4) is 0 Å². The lowest BCUT2D eigenvalue weighted by molar-refractivity contribution is 0.0993. The third-order valence-electron chi connectivity index (χ3n) is 3.51. The van der Waals surface area contributed by atoms with E-state index in [1.54, 1.807) is 18.2 Å². The lowest BCUT2D eigenvalue weighted by Crippen LogP contribution is -2.10. The number of halogens is 1. The minimum Gasteiger partial charge on any atom is -0.294 e. The highest BCUT2D eigenvalue weighted by Gasteiger charge is 2.11. The SMILES string of the molecule is Cc1cccc(CC(=O)c2ccc3c(Cl)n[nH]c(=O)c3c2)c1. The summed E-state index contributed by atoms with van der Waals surface area (Å²) in [6.07, 6.45) is 0.296. The van der Waals surface area contributed by atoms with E-state index in [1.165, 1.54) is 0 Å². The first-order chi connectivity index (χ1) is 10.5. The van der Waals surface area contributed by atoms with Crippen LogP contribution in [0.1, 0.15) is 21.5 Å². The Hall–Kier alpha value is -2.46. The first-order valence-corrected chi connectivity index (χ1v) is 7.19. The molecule has 0 atom stereocenters. The normalized spacial score (nSPS) is 10.8. The van der Waals surface area contributed by atoms with Crippen molar-refractivity contribution in [3.05, 3.63) is 74.7 Å².